The quantitative estimate of drug-likeness (QED) is 0.670. The van der Waals surface area contributed by atoms with Crippen LogP contribution in [0.5, 0.6) is 5.88 Å². The van der Waals surface area contributed by atoms with Gasteiger partial charge in [-0.05, 0) is 37.7 Å². The van der Waals surface area contributed by atoms with Crippen molar-refractivity contribution in [2.45, 2.75) is 32.4 Å². The molecule has 1 unspecified atom stereocenters. The number of fused-ring (bicyclic) bond motifs is 1. The summed E-state index contributed by atoms with van der Waals surface area (Å²) in [7, 11) is 1.92. The zero-order valence-electron chi connectivity index (χ0n) is 16.7. The molecule has 3 atom stereocenters. The van der Waals surface area contributed by atoms with Crippen LogP contribution in [0.15, 0.2) is 41.8 Å². The molecular weight excluding hydrogens is 366 g/mol. The van der Waals surface area contributed by atoms with Gasteiger partial charge in [0.05, 0.1) is 30.6 Å². The van der Waals surface area contributed by atoms with Gasteiger partial charge in [-0.2, -0.15) is 19.7 Å². The topological polar surface area (TPSA) is 81.6 Å². The Kier molecular flexibility index (Phi) is 4.54. The normalized spacial score (nSPS) is 22.9. The van der Waals surface area contributed by atoms with Crippen molar-refractivity contribution in [3.05, 3.63) is 47.9 Å². The molecule has 1 aliphatic heterocycles. The Bertz CT molecular complexity index is 1080. The molecule has 150 valence electrons. The molecule has 1 N–H and O–H groups in total. The molecule has 3 aromatic heterocycles. The highest BCUT2D eigenvalue weighted by molar-refractivity contribution is 5.72. The van der Waals surface area contributed by atoms with Gasteiger partial charge in [0.2, 0.25) is 5.88 Å². The van der Waals surface area contributed by atoms with Crippen molar-refractivity contribution in [1.82, 2.24) is 24.4 Å². The molecule has 0 radical (unpaired) electrons. The molecule has 5 rings (SSSR count). The van der Waals surface area contributed by atoms with E-state index in [1.165, 1.54) is 6.42 Å². The SMILES string of the molecule is Cc1c(OC[C@H]2C[C@@H]2C2CC=CC=N2)nc2ccnn2c1NCc1cnn(C)c1. The number of rotatable bonds is 7. The first-order valence-corrected chi connectivity index (χ1v) is 10.1. The summed E-state index contributed by atoms with van der Waals surface area (Å²) in [5.74, 6) is 2.74. The fourth-order valence-electron chi connectivity index (χ4n) is 4.00. The number of dihydropyridines is 1. The van der Waals surface area contributed by atoms with E-state index in [-0.39, 0.29) is 0 Å². The molecule has 1 aliphatic carbocycles. The summed E-state index contributed by atoms with van der Waals surface area (Å²) in [6, 6.07) is 2.31. The van der Waals surface area contributed by atoms with Gasteiger partial charge in [0.25, 0.3) is 0 Å². The Hall–Kier alpha value is -3.16. The van der Waals surface area contributed by atoms with Crippen molar-refractivity contribution in [1.29, 1.82) is 0 Å². The summed E-state index contributed by atoms with van der Waals surface area (Å²) in [6.07, 6.45) is 14.0. The Labute approximate surface area is 169 Å². The number of hydrogen-bond donors (Lipinski definition) is 1. The van der Waals surface area contributed by atoms with Gasteiger partial charge in [0, 0.05) is 37.6 Å². The molecule has 8 heteroatoms. The van der Waals surface area contributed by atoms with Crippen LogP contribution in [0, 0.1) is 18.8 Å². The third kappa shape index (κ3) is 3.62. The van der Waals surface area contributed by atoms with E-state index in [1.54, 1.807) is 10.9 Å². The minimum atomic E-state index is 0.414. The second-order valence-corrected chi connectivity index (χ2v) is 7.87. The first-order chi connectivity index (χ1) is 14.2. The largest absolute Gasteiger partial charge is 0.477 e. The Morgan fingerprint density at radius 1 is 1.31 bits per heavy atom. The summed E-state index contributed by atoms with van der Waals surface area (Å²) in [4.78, 5) is 9.28. The smallest absolute Gasteiger partial charge is 0.222 e. The first kappa shape index (κ1) is 17.9. The van der Waals surface area contributed by atoms with Crippen LogP contribution in [-0.2, 0) is 13.6 Å². The monoisotopic (exact) mass is 391 g/mol. The van der Waals surface area contributed by atoms with Crippen LogP contribution in [0.25, 0.3) is 5.65 Å². The third-order valence-electron chi connectivity index (χ3n) is 5.73. The van der Waals surface area contributed by atoms with Crippen molar-refractivity contribution < 1.29 is 4.74 Å². The highest BCUT2D eigenvalue weighted by Crippen LogP contribution is 2.44. The number of nitrogens with zero attached hydrogens (tertiary/aromatic N) is 6. The molecular formula is C21H25N7O. The van der Waals surface area contributed by atoms with Gasteiger partial charge < -0.3 is 10.1 Å². The summed E-state index contributed by atoms with van der Waals surface area (Å²) >= 11 is 0. The van der Waals surface area contributed by atoms with Crippen molar-refractivity contribution in [3.8, 4) is 5.88 Å². The number of allylic oxidation sites excluding steroid dienone is 1. The zero-order valence-corrected chi connectivity index (χ0v) is 16.7. The van der Waals surface area contributed by atoms with Crippen LogP contribution in [0.3, 0.4) is 0 Å². The molecule has 0 bridgehead atoms. The molecule has 4 heterocycles. The van der Waals surface area contributed by atoms with E-state index in [4.69, 9.17) is 4.74 Å². The van der Waals surface area contributed by atoms with Gasteiger partial charge >= 0.3 is 0 Å². The summed E-state index contributed by atoms with van der Waals surface area (Å²) < 4.78 is 9.80. The summed E-state index contributed by atoms with van der Waals surface area (Å²) in [5.41, 5.74) is 2.84. The standard InChI is InChI=1S/C21H25N7O/c1-14-20(23-10-15-11-25-27(2)12-15)28-19(6-8-24-28)26-21(14)29-13-16-9-17(16)18-5-3-4-7-22-18/h3-4,6-8,11-12,16-18,23H,5,9-10,13H2,1-2H3/t16-,17+,18?/m1/s1. The summed E-state index contributed by atoms with van der Waals surface area (Å²) in [6.45, 7) is 3.36. The number of aromatic nitrogens is 5. The van der Waals surface area contributed by atoms with Crippen molar-refractivity contribution >= 4 is 17.7 Å². The van der Waals surface area contributed by atoms with E-state index in [1.807, 2.05) is 49.2 Å². The van der Waals surface area contributed by atoms with E-state index in [9.17, 15) is 0 Å². The zero-order chi connectivity index (χ0) is 19.8. The molecule has 0 aromatic carbocycles. The number of nitrogens with one attached hydrogen (secondary N) is 1. The average Bonchev–Trinajstić information content (AvgIpc) is 3.15. The number of aliphatic imine (C=N–C) groups is 1. The molecule has 8 nitrogen and oxygen atoms in total. The molecule has 1 fully saturated rings. The number of anilines is 1. The maximum absolute atomic E-state index is 6.18. The van der Waals surface area contributed by atoms with Crippen LogP contribution in [0.2, 0.25) is 0 Å². The highest BCUT2D eigenvalue weighted by atomic mass is 16.5. The Balaban J connectivity index is 1.30. The van der Waals surface area contributed by atoms with Crippen molar-refractivity contribution in [2.75, 3.05) is 11.9 Å². The maximum Gasteiger partial charge on any atom is 0.222 e. The molecule has 29 heavy (non-hydrogen) atoms. The van der Waals surface area contributed by atoms with Crippen LogP contribution in [-0.4, -0.2) is 43.2 Å². The Morgan fingerprint density at radius 2 is 2.24 bits per heavy atom. The second kappa shape index (κ2) is 7.35. The fourth-order valence-corrected chi connectivity index (χ4v) is 4.00. The number of aryl methyl sites for hydroxylation is 1. The second-order valence-electron chi connectivity index (χ2n) is 7.87. The lowest BCUT2D eigenvalue weighted by Crippen LogP contribution is -2.14. The lowest BCUT2D eigenvalue weighted by Gasteiger charge is -2.15. The van der Waals surface area contributed by atoms with Gasteiger partial charge in [-0.15, -0.1) is 0 Å². The maximum atomic E-state index is 6.18. The first-order valence-electron chi connectivity index (χ1n) is 10.1. The minimum Gasteiger partial charge on any atom is -0.477 e. The van der Waals surface area contributed by atoms with Crippen LogP contribution in [0.1, 0.15) is 24.0 Å². The Morgan fingerprint density at radius 3 is 3.03 bits per heavy atom. The summed E-state index contributed by atoms with van der Waals surface area (Å²) in [5, 5.41) is 12.1. The van der Waals surface area contributed by atoms with Crippen LogP contribution < -0.4 is 10.1 Å². The molecule has 0 saturated heterocycles. The van der Waals surface area contributed by atoms with Crippen molar-refractivity contribution in [2.24, 2.45) is 23.9 Å². The number of ether oxygens (including phenoxy) is 1. The van der Waals surface area contributed by atoms with Gasteiger partial charge in [0.1, 0.15) is 5.82 Å². The van der Waals surface area contributed by atoms with E-state index < -0.39 is 0 Å². The molecule has 0 spiro atoms. The average molecular weight is 391 g/mol. The molecule has 3 aromatic rings. The predicted molar refractivity (Wildman–Crippen MR) is 111 cm³/mol. The number of hydrogen-bond acceptors (Lipinski definition) is 6. The van der Waals surface area contributed by atoms with E-state index in [0.29, 0.717) is 36.9 Å². The lowest BCUT2D eigenvalue weighted by molar-refractivity contribution is 0.275. The van der Waals surface area contributed by atoms with Crippen LogP contribution in [0.4, 0.5) is 5.82 Å². The fraction of sp³-hybridized carbons (Fsp3) is 0.429. The van der Waals surface area contributed by atoms with E-state index in [2.05, 4.69) is 31.6 Å². The van der Waals surface area contributed by atoms with Gasteiger partial charge in [0.15, 0.2) is 5.65 Å². The third-order valence-corrected chi connectivity index (χ3v) is 5.73. The molecule has 0 amide bonds. The molecule has 2 aliphatic rings. The highest BCUT2D eigenvalue weighted by Gasteiger charge is 2.43. The van der Waals surface area contributed by atoms with Gasteiger partial charge in [-0.3, -0.25) is 9.67 Å². The van der Waals surface area contributed by atoms with Crippen molar-refractivity contribution in [3.63, 3.8) is 0 Å². The van der Waals surface area contributed by atoms with Gasteiger partial charge in [-0.1, -0.05) is 6.08 Å². The minimum absolute atomic E-state index is 0.414. The van der Waals surface area contributed by atoms with Crippen LogP contribution >= 0.6 is 0 Å². The predicted octanol–water partition coefficient (Wildman–Crippen LogP) is 2.80. The van der Waals surface area contributed by atoms with Gasteiger partial charge in [-0.25, -0.2) is 0 Å². The van der Waals surface area contributed by atoms with E-state index >= 15 is 0 Å². The van der Waals surface area contributed by atoms with E-state index in [0.717, 1.165) is 29.0 Å². The lowest BCUT2D eigenvalue weighted by atomic mass is 10.1. The molecule has 1 saturated carbocycles.